The van der Waals surface area contributed by atoms with Crippen LogP contribution in [0.2, 0.25) is 10.0 Å². The molecule has 2 aliphatic heterocycles. The highest BCUT2D eigenvalue weighted by molar-refractivity contribution is 6.33. The number of nitrogens with zero attached hydrogens (tertiary/aromatic N) is 1. The van der Waals surface area contributed by atoms with Gasteiger partial charge in [-0.3, -0.25) is 9.59 Å². The zero-order valence-corrected chi connectivity index (χ0v) is 16.3. The molecule has 6 nitrogen and oxygen atoms in total. The van der Waals surface area contributed by atoms with Gasteiger partial charge < -0.3 is 20.1 Å². The summed E-state index contributed by atoms with van der Waals surface area (Å²) in [4.78, 5) is 25.9. The molecule has 2 aromatic carbocycles. The van der Waals surface area contributed by atoms with Crippen LogP contribution in [0.25, 0.3) is 0 Å². The van der Waals surface area contributed by atoms with E-state index in [0.717, 1.165) is 11.1 Å². The highest BCUT2D eigenvalue weighted by Gasteiger charge is 2.40. The second-order valence-electron chi connectivity index (χ2n) is 6.86. The molecular weight excluding hydrogens is 403 g/mol. The van der Waals surface area contributed by atoms with E-state index >= 15 is 0 Å². The van der Waals surface area contributed by atoms with Crippen molar-refractivity contribution in [1.29, 1.82) is 0 Å². The Kier molecular flexibility index (Phi) is 5.19. The van der Waals surface area contributed by atoms with E-state index in [9.17, 15) is 14.7 Å². The number of rotatable bonds is 4. The summed E-state index contributed by atoms with van der Waals surface area (Å²) >= 11 is 12.2. The van der Waals surface area contributed by atoms with Gasteiger partial charge >= 0.3 is 0 Å². The number of aliphatic hydroxyl groups is 1. The maximum atomic E-state index is 12.9. The summed E-state index contributed by atoms with van der Waals surface area (Å²) in [6.45, 7) is 0.525. The molecule has 0 bridgehead atoms. The highest BCUT2D eigenvalue weighted by Crippen LogP contribution is 2.34. The SMILES string of the molecule is O=C1CCC(N2Cc3c(OCc4cc(Cl)ccc4Cl)cccc3C2=O)C(O)N1. The number of piperidine rings is 1. The molecule has 0 saturated carbocycles. The van der Waals surface area contributed by atoms with Crippen molar-refractivity contribution in [2.24, 2.45) is 0 Å². The van der Waals surface area contributed by atoms with E-state index < -0.39 is 12.3 Å². The van der Waals surface area contributed by atoms with Crippen molar-refractivity contribution in [3.05, 3.63) is 63.1 Å². The van der Waals surface area contributed by atoms with Crippen LogP contribution in [-0.4, -0.2) is 34.1 Å². The number of benzene rings is 2. The van der Waals surface area contributed by atoms with E-state index in [2.05, 4.69) is 5.32 Å². The Balaban J connectivity index is 1.54. The molecule has 2 aliphatic rings. The third-order valence-corrected chi connectivity index (χ3v) is 5.69. The lowest BCUT2D eigenvalue weighted by molar-refractivity contribution is -0.129. The summed E-state index contributed by atoms with van der Waals surface area (Å²) < 4.78 is 5.94. The van der Waals surface area contributed by atoms with E-state index in [1.165, 1.54) is 0 Å². The summed E-state index contributed by atoms with van der Waals surface area (Å²) in [6, 6.07) is 9.99. The number of amides is 2. The Hall–Kier alpha value is -2.28. The van der Waals surface area contributed by atoms with Gasteiger partial charge in [-0.05, 0) is 36.8 Å². The molecule has 2 amide bonds. The van der Waals surface area contributed by atoms with E-state index in [0.29, 0.717) is 34.3 Å². The number of nitrogens with one attached hydrogen (secondary N) is 1. The van der Waals surface area contributed by atoms with Gasteiger partial charge in [-0.15, -0.1) is 0 Å². The van der Waals surface area contributed by atoms with Crippen LogP contribution in [0.5, 0.6) is 5.75 Å². The second kappa shape index (κ2) is 7.62. The number of carbonyl (C=O) groups excluding carboxylic acids is 2. The van der Waals surface area contributed by atoms with E-state index in [-0.39, 0.29) is 24.8 Å². The lowest BCUT2D eigenvalue weighted by Gasteiger charge is -2.35. The molecule has 2 atom stereocenters. The number of hydrogen-bond donors (Lipinski definition) is 2. The Morgan fingerprint density at radius 3 is 2.82 bits per heavy atom. The number of fused-ring (bicyclic) bond motifs is 1. The van der Waals surface area contributed by atoms with Gasteiger partial charge in [-0.1, -0.05) is 29.3 Å². The molecule has 0 spiro atoms. The van der Waals surface area contributed by atoms with Crippen LogP contribution in [0.15, 0.2) is 36.4 Å². The lowest BCUT2D eigenvalue weighted by atomic mass is 10.0. The number of hydrogen-bond acceptors (Lipinski definition) is 4. The van der Waals surface area contributed by atoms with Gasteiger partial charge in [0, 0.05) is 33.2 Å². The summed E-state index contributed by atoms with van der Waals surface area (Å²) in [5.74, 6) is 0.190. The normalized spacial score (nSPS) is 21.5. The first-order valence-electron chi connectivity index (χ1n) is 8.91. The molecule has 2 heterocycles. The molecular formula is C20H18Cl2N2O4. The van der Waals surface area contributed by atoms with Crippen LogP contribution in [0.1, 0.15) is 34.3 Å². The molecule has 2 unspecified atom stereocenters. The molecule has 0 aliphatic carbocycles. The van der Waals surface area contributed by atoms with Crippen molar-refractivity contribution >= 4 is 35.0 Å². The van der Waals surface area contributed by atoms with Gasteiger partial charge in [0.1, 0.15) is 18.6 Å². The van der Waals surface area contributed by atoms with Crippen LogP contribution in [0.3, 0.4) is 0 Å². The van der Waals surface area contributed by atoms with Crippen molar-refractivity contribution in [1.82, 2.24) is 10.2 Å². The van der Waals surface area contributed by atoms with Crippen molar-refractivity contribution in [3.8, 4) is 5.75 Å². The van der Waals surface area contributed by atoms with Gasteiger partial charge in [0.25, 0.3) is 5.91 Å². The van der Waals surface area contributed by atoms with E-state index in [1.807, 2.05) is 0 Å². The van der Waals surface area contributed by atoms with Crippen molar-refractivity contribution in [2.45, 2.75) is 38.3 Å². The molecule has 146 valence electrons. The van der Waals surface area contributed by atoms with Gasteiger partial charge in [0.2, 0.25) is 5.91 Å². The zero-order valence-electron chi connectivity index (χ0n) is 14.8. The first-order chi connectivity index (χ1) is 13.4. The first kappa shape index (κ1) is 19.1. The standard InChI is InChI=1S/C20H18Cl2N2O4/c21-12-4-5-15(22)11(8-12)10-28-17-3-1-2-13-14(17)9-24(20(13)27)16-6-7-18(25)23-19(16)26/h1-5,8,16,19,26H,6-7,9-10H2,(H,23,25). The maximum absolute atomic E-state index is 12.9. The fourth-order valence-corrected chi connectivity index (χ4v) is 4.00. The summed E-state index contributed by atoms with van der Waals surface area (Å²) in [5.41, 5.74) is 2.05. The fourth-order valence-electron chi connectivity index (χ4n) is 3.63. The number of aliphatic hydroxyl groups excluding tert-OH is 1. The van der Waals surface area contributed by atoms with Crippen molar-refractivity contribution < 1.29 is 19.4 Å². The first-order valence-corrected chi connectivity index (χ1v) is 9.66. The zero-order chi connectivity index (χ0) is 19.8. The minimum absolute atomic E-state index is 0.179. The highest BCUT2D eigenvalue weighted by atomic mass is 35.5. The Morgan fingerprint density at radius 1 is 1.21 bits per heavy atom. The van der Waals surface area contributed by atoms with Crippen LogP contribution in [-0.2, 0) is 17.9 Å². The van der Waals surface area contributed by atoms with Crippen LogP contribution >= 0.6 is 23.2 Å². The van der Waals surface area contributed by atoms with Crippen LogP contribution in [0.4, 0.5) is 0 Å². The minimum atomic E-state index is -1.07. The van der Waals surface area contributed by atoms with Crippen molar-refractivity contribution in [3.63, 3.8) is 0 Å². The largest absolute Gasteiger partial charge is 0.488 e. The van der Waals surface area contributed by atoms with Gasteiger partial charge in [-0.25, -0.2) is 0 Å². The summed E-state index contributed by atoms with van der Waals surface area (Å²) in [6.07, 6.45) is -0.381. The monoisotopic (exact) mass is 420 g/mol. The number of halogens is 2. The minimum Gasteiger partial charge on any atom is -0.488 e. The Labute approximate surface area is 172 Å². The topological polar surface area (TPSA) is 78.9 Å². The third-order valence-electron chi connectivity index (χ3n) is 5.08. The average molecular weight is 421 g/mol. The van der Waals surface area contributed by atoms with E-state index in [4.69, 9.17) is 27.9 Å². The molecule has 1 fully saturated rings. The quantitative estimate of drug-likeness (QED) is 0.795. The predicted octanol–water partition coefficient (Wildman–Crippen LogP) is 3.13. The predicted molar refractivity (Wildman–Crippen MR) is 104 cm³/mol. The average Bonchev–Trinajstić information content (AvgIpc) is 3.00. The molecule has 2 aromatic rings. The van der Waals surface area contributed by atoms with Crippen molar-refractivity contribution in [2.75, 3.05) is 0 Å². The van der Waals surface area contributed by atoms with E-state index in [1.54, 1.807) is 41.3 Å². The maximum Gasteiger partial charge on any atom is 0.255 e. The third kappa shape index (κ3) is 3.55. The molecule has 1 saturated heterocycles. The summed E-state index contributed by atoms with van der Waals surface area (Å²) in [7, 11) is 0. The Morgan fingerprint density at radius 2 is 2.04 bits per heavy atom. The molecule has 4 rings (SSSR count). The number of ether oxygens (including phenoxy) is 1. The smallest absolute Gasteiger partial charge is 0.255 e. The molecule has 2 N–H and O–H groups in total. The Bertz CT molecular complexity index is 950. The fraction of sp³-hybridized carbons (Fsp3) is 0.300. The number of carbonyl (C=O) groups is 2. The lowest BCUT2D eigenvalue weighted by Crippen LogP contribution is -2.55. The van der Waals surface area contributed by atoms with Gasteiger partial charge in [-0.2, -0.15) is 0 Å². The molecule has 8 heteroatoms. The van der Waals surface area contributed by atoms with Gasteiger partial charge in [0.05, 0.1) is 12.6 Å². The molecule has 0 radical (unpaired) electrons. The van der Waals surface area contributed by atoms with Gasteiger partial charge in [0.15, 0.2) is 0 Å². The summed E-state index contributed by atoms with van der Waals surface area (Å²) in [5, 5.41) is 13.8. The van der Waals surface area contributed by atoms with Crippen LogP contribution in [0, 0.1) is 0 Å². The molecule has 28 heavy (non-hydrogen) atoms. The molecule has 0 aromatic heterocycles. The second-order valence-corrected chi connectivity index (χ2v) is 7.70. The van der Waals surface area contributed by atoms with Crippen LogP contribution < -0.4 is 10.1 Å².